The Labute approximate surface area is 138 Å². The van der Waals surface area contributed by atoms with E-state index in [2.05, 4.69) is 27.5 Å². The summed E-state index contributed by atoms with van der Waals surface area (Å²) in [7, 11) is 0. The van der Waals surface area contributed by atoms with E-state index >= 15 is 0 Å². The number of carbonyl (C=O) groups excluding carboxylic acids is 2. The number of piperazine rings is 1. The van der Waals surface area contributed by atoms with Crippen LogP contribution in [0.4, 0.5) is 4.79 Å². The average Bonchev–Trinajstić information content (AvgIpc) is 2.54. The van der Waals surface area contributed by atoms with Crippen LogP contribution in [0, 0.1) is 0 Å². The molecule has 0 bridgehead atoms. The Morgan fingerprint density at radius 1 is 1.33 bits per heavy atom. The molecule has 0 aromatic heterocycles. The first-order valence-corrected chi connectivity index (χ1v) is 8.48. The van der Waals surface area contributed by atoms with Crippen molar-refractivity contribution in [1.29, 1.82) is 0 Å². The fraction of sp³-hybridized carbons (Fsp3) is 0.467. The van der Waals surface area contributed by atoms with Crippen LogP contribution >= 0.6 is 22.6 Å². The van der Waals surface area contributed by atoms with Crippen molar-refractivity contribution in [3.8, 4) is 0 Å². The van der Waals surface area contributed by atoms with Crippen LogP contribution in [0.1, 0.15) is 5.56 Å². The van der Waals surface area contributed by atoms with Gasteiger partial charge in [0.05, 0.1) is 6.04 Å². The van der Waals surface area contributed by atoms with Gasteiger partial charge in [0.1, 0.15) is 12.9 Å². The van der Waals surface area contributed by atoms with Crippen molar-refractivity contribution < 1.29 is 14.3 Å². The highest BCUT2D eigenvalue weighted by Gasteiger charge is 2.29. The maximum Gasteiger partial charge on any atom is 0.410 e. The first-order valence-electron chi connectivity index (χ1n) is 6.95. The molecule has 1 amide bonds. The second-order valence-electron chi connectivity index (χ2n) is 4.91. The number of aldehydes is 1. The number of benzene rings is 1. The third-order valence-electron chi connectivity index (χ3n) is 3.53. The van der Waals surface area contributed by atoms with E-state index in [0.717, 1.165) is 22.8 Å². The molecule has 1 aliphatic heterocycles. The van der Waals surface area contributed by atoms with Crippen LogP contribution in [0.3, 0.4) is 0 Å². The summed E-state index contributed by atoms with van der Waals surface area (Å²) in [5, 5.41) is 0. The molecule has 0 radical (unpaired) electrons. The van der Waals surface area contributed by atoms with Crippen molar-refractivity contribution in [2.75, 3.05) is 30.6 Å². The Morgan fingerprint density at radius 3 is 2.76 bits per heavy atom. The molecule has 0 N–H and O–H groups in total. The lowest BCUT2D eigenvalue weighted by atomic mass is 10.2. The maximum atomic E-state index is 12.1. The first kappa shape index (κ1) is 16.2. The Morgan fingerprint density at radius 2 is 2.10 bits per heavy atom. The number of hydrogen-bond acceptors (Lipinski definition) is 4. The van der Waals surface area contributed by atoms with E-state index in [1.807, 2.05) is 30.3 Å². The van der Waals surface area contributed by atoms with Gasteiger partial charge in [0.25, 0.3) is 0 Å². The molecule has 1 saturated heterocycles. The predicted molar refractivity (Wildman–Crippen MR) is 88.5 cm³/mol. The zero-order valence-electron chi connectivity index (χ0n) is 11.8. The van der Waals surface area contributed by atoms with E-state index in [1.165, 1.54) is 0 Å². The summed E-state index contributed by atoms with van der Waals surface area (Å²) in [6.07, 6.45) is 0.572. The van der Waals surface area contributed by atoms with Gasteiger partial charge in [-0.1, -0.05) is 52.9 Å². The zero-order valence-corrected chi connectivity index (χ0v) is 13.9. The summed E-state index contributed by atoms with van der Waals surface area (Å²) >= 11 is 2.29. The minimum absolute atomic E-state index is 0.224. The number of rotatable bonds is 5. The molecule has 1 aromatic carbocycles. The zero-order chi connectivity index (χ0) is 15.1. The minimum Gasteiger partial charge on any atom is -0.445 e. The highest BCUT2D eigenvalue weighted by Crippen LogP contribution is 2.11. The Kier molecular flexibility index (Phi) is 6.44. The number of halogens is 1. The number of alkyl halides is 1. The second-order valence-corrected chi connectivity index (χ2v) is 5.99. The fourth-order valence-electron chi connectivity index (χ4n) is 2.34. The number of nitrogens with zero attached hydrogens (tertiary/aromatic N) is 2. The average molecular weight is 402 g/mol. The summed E-state index contributed by atoms with van der Waals surface area (Å²) in [6, 6.07) is 9.35. The molecule has 1 unspecified atom stereocenters. The van der Waals surface area contributed by atoms with Gasteiger partial charge >= 0.3 is 6.09 Å². The first-order chi connectivity index (χ1) is 10.2. The molecule has 114 valence electrons. The van der Waals surface area contributed by atoms with Gasteiger partial charge in [-0.25, -0.2) is 4.79 Å². The largest absolute Gasteiger partial charge is 0.445 e. The van der Waals surface area contributed by atoms with E-state index in [4.69, 9.17) is 4.74 Å². The highest BCUT2D eigenvalue weighted by atomic mass is 127. The molecule has 6 heteroatoms. The van der Waals surface area contributed by atoms with Gasteiger partial charge in [0.15, 0.2) is 0 Å². The summed E-state index contributed by atoms with van der Waals surface area (Å²) in [5.41, 5.74) is 0.960. The summed E-state index contributed by atoms with van der Waals surface area (Å²) in [6.45, 7) is 2.87. The van der Waals surface area contributed by atoms with Crippen LogP contribution in [0.5, 0.6) is 0 Å². The van der Waals surface area contributed by atoms with Gasteiger partial charge in [-0.05, 0) is 5.56 Å². The van der Waals surface area contributed by atoms with Crippen molar-refractivity contribution in [3.63, 3.8) is 0 Å². The Bertz CT molecular complexity index is 469. The number of hydrogen-bond donors (Lipinski definition) is 0. The van der Waals surface area contributed by atoms with E-state index in [1.54, 1.807) is 4.90 Å². The normalized spacial score (nSPS) is 19.3. The van der Waals surface area contributed by atoms with Gasteiger partial charge < -0.3 is 14.4 Å². The van der Waals surface area contributed by atoms with Crippen LogP contribution in [-0.2, 0) is 16.1 Å². The molecule has 1 aliphatic rings. The minimum atomic E-state index is -0.347. The smallest absolute Gasteiger partial charge is 0.410 e. The molecule has 1 atom stereocenters. The summed E-state index contributed by atoms with van der Waals surface area (Å²) in [4.78, 5) is 27.0. The van der Waals surface area contributed by atoms with Crippen molar-refractivity contribution >= 4 is 35.0 Å². The van der Waals surface area contributed by atoms with Crippen LogP contribution in [0.25, 0.3) is 0 Å². The molecule has 0 aliphatic carbocycles. The van der Waals surface area contributed by atoms with E-state index in [9.17, 15) is 9.59 Å². The summed E-state index contributed by atoms with van der Waals surface area (Å²) in [5.74, 6) is 0. The quantitative estimate of drug-likeness (QED) is 0.429. The topological polar surface area (TPSA) is 49.9 Å². The molecule has 1 fully saturated rings. The molecule has 0 saturated carbocycles. The fourth-order valence-corrected chi connectivity index (χ4v) is 2.96. The second kappa shape index (κ2) is 8.33. The van der Waals surface area contributed by atoms with Crippen molar-refractivity contribution in [3.05, 3.63) is 35.9 Å². The molecule has 1 heterocycles. The van der Waals surface area contributed by atoms with Gasteiger partial charge in [0, 0.05) is 30.6 Å². The van der Waals surface area contributed by atoms with E-state index in [-0.39, 0.29) is 18.7 Å². The van der Waals surface area contributed by atoms with E-state index in [0.29, 0.717) is 19.6 Å². The molecule has 1 aromatic rings. The predicted octanol–water partition coefficient (Wildman–Crippen LogP) is 1.94. The van der Waals surface area contributed by atoms with Gasteiger partial charge in [-0.3, -0.25) is 4.90 Å². The Hall–Kier alpha value is -1.15. The van der Waals surface area contributed by atoms with Crippen LogP contribution in [-0.4, -0.2) is 58.8 Å². The Balaban J connectivity index is 1.84. The number of ether oxygens (including phenoxy) is 1. The van der Waals surface area contributed by atoms with Crippen molar-refractivity contribution in [2.24, 2.45) is 0 Å². The maximum absolute atomic E-state index is 12.1. The van der Waals surface area contributed by atoms with Crippen LogP contribution in [0.2, 0.25) is 0 Å². The van der Waals surface area contributed by atoms with Gasteiger partial charge in [-0.15, -0.1) is 0 Å². The SMILES string of the molecule is O=CC1CN(C(=O)OCc2ccccc2)CCN1CCI. The standard InChI is InChI=1S/C15H19IN2O3/c16-6-7-17-8-9-18(10-14(17)11-19)15(20)21-12-13-4-2-1-3-5-13/h1-5,11,14H,6-10,12H2. The number of carbonyl (C=O) groups is 2. The van der Waals surface area contributed by atoms with E-state index < -0.39 is 0 Å². The lowest BCUT2D eigenvalue weighted by Crippen LogP contribution is -2.55. The molecular weight excluding hydrogens is 383 g/mol. The third kappa shape index (κ3) is 4.67. The van der Waals surface area contributed by atoms with Gasteiger partial charge in [-0.2, -0.15) is 0 Å². The monoisotopic (exact) mass is 402 g/mol. The molecular formula is C15H19IN2O3. The molecule has 0 spiro atoms. The molecule has 21 heavy (non-hydrogen) atoms. The molecule has 2 rings (SSSR count). The van der Waals surface area contributed by atoms with Gasteiger partial charge in [0.2, 0.25) is 0 Å². The lowest BCUT2D eigenvalue weighted by molar-refractivity contribution is -0.114. The third-order valence-corrected chi connectivity index (χ3v) is 4.01. The van der Waals surface area contributed by atoms with Crippen LogP contribution < -0.4 is 0 Å². The highest BCUT2D eigenvalue weighted by molar-refractivity contribution is 14.1. The van der Waals surface area contributed by atoms with Crippen molar-refractivity contribution in [1.82, 2.24) is 9.80 Å². The van der Waals surface area contributed by atoms with Crippen molar-refractivity contribution in [2.45, 2.75) is 12.6 Å². The summed E-state index contributed by atoms with van der Waals surface area (Å²) < 4.78 is 6.28. The number of amides is 1. The van der Waals surface area contributed by atoms with Crippen LogP contribution in [0.15, 0.2) is 30.3 Å². The molecule has 5 nitrogen and oxygen atoms in total. The lowest BCUT2D eigenvalue weighted by Gasteiger charge is -2.38.